The average Bonchev–Trinajstić information content (AvgIpc) is 3.09. The van der Waals surface area contributed by atoms with Gasteiger partial charge in [0, 0.05) is 38.9 Å². The molecule has 0 atom stereocenters. The SMILES string of the molecule is CCOc1ccc(N2C(=O)c3ccc(C(=O)N(C)Cc4ccc(N(C)C)cc4)cc3C2=O)cc1. The number of carbonyl (C=O) groups excluding carboxylic acids is 3. The number of amides is 3. The maximum Gasteiger partial charge on any atom is 0.266 e. The monoisotopic (exact) mass is 457 g/mol. The van der Waals surface area contributed by atoms with Crippen molar-refractivity contribution in [2.75, 3.05) is 37.5 Å². The first-order valence-corrected chi connectivity index (χ1v) is 11.1. The number of fused-ring (bicyclic) bond motifs is 1. The minimum absolute atomic E-state index is 0.223. The predicted molar refractivity (Wildman–Crippen MR) is 132 cm³/mol. The van der Waals surface area contributed by atoms with E-state index in [1.54, 1.807) is 48.3 Å². The van der Waals surface area contributed by atoms with E-state index in [0.717, 1.165) is 16.2 Å². The van der Waals surface area contributed by atoms with Crippen molar-refractivity contribution in [3.8, 4) is 5.75 Å². The Labute approximate surface area is 199 Å². The van der Waals surface area contributed by atoms with Gasteiger partial charge in [-0.15, -0.1) is 0 Å². The zero-order valence-corrected chi connectivity index (χ0v) is 19.7. The van der Waals surface area contributed by atoms with Crippen LogP contribution in [0.2, 0.25) is 0 Å². The van der Waals surface area contributed by atoms with Crippen molar-refractivity contribution in [3.63, 3.8) is 0 Å². The lowest BCUT2D eigenvalue weighted by molar-refractivity contribution is 0.0784. The molecule has 7 heteroatoms. The van der Waals surface area contributed by atoms with Crippen LogP contribution < -0.4 is 14.5 Å². The fraction of sp³-hybridized carbons (Fsp3) is 0.222. The number of ether oxygens (including phenoxy) is 1. The van der Waals surface area contributed by atoms with Gasteiger partial charge in [0.25, 0.3) is 17.7 Å². The fourth-order valence-corrected chi connectivity index (χ4v) is 3.93. The van der Waals surface area contributed by atoms with Crippen LogP contribution in [0.1, 0.15) is 43.6 Å². The Morgan fingerprint density at radius 3 is 2.12 bits per heavy atom. The maximum absolute atomic E-state index is 13.1. The van der Waals surface area contributed by atoms with Crippen LogP contribution in [0.25, 0.3) is 0 Å². The van der Waals surface area contributed by atoms with Crippen LogP contribution in [0.5, 0.6) is 5.75 Å². The van der Waals surface area contributed by atoms with E-state index in [1.165, 1.54) is 6.07 Å². The molecule has 0 aliphatic carbocycles. The second kappa shape index (κ2) is 9.39. The van der Waals surface area contributed by atoms with Gasteiger partial charge < -0.3 is 14.5 Å². The molecule has 0 bridgehead atoms. The highest BCUT2D eigenvalue weighted by molar-refractivity contribution is 6.34. The number of benzene rings is 3. The maximum atomic E-state index is 13.1. The molecule has 3 aromatic rings. The van der Waals surface area contributed by atoms with E-state index < -0.39 is 11.8 Å². The van der Waals surface area contributed by atoms with E-state index in [0.29, 0.717) is 30.2 Å². The largest absolute Gasteiger partial charge is 0.494 e. The summed E-state index contributed by atoms with van der Waals surface area (Å²) in [6, 6.07) is 19.4. The minimum atomic E-state index is -0.444. The second-order valence-corrected chi connectivity index (χ2v) is 8.36. The number of carbonyl (C=O) groups is 3. The molecule has 0 saturated carbocycles. The van der Waals surface area contributed by atoms with E-state index in [9.17, 15) is 14.4 Å². The van der Waals surface area contributed by atoms with Crippen LogP contribution in [-0.2, 0) is 6.54 Å². The summed E-state index contributed by atoms with van der Waals surface area (Å²) in [5.41, 5.74) is 3.42. The molecule has 4 rings (SSSR count). The first-order valence-electron chi connectivity index (χ1n) is 11.1. The highest BCUT2D eigenvalue weighted by Crippen LogP contribution is 2.30. The smallest absolute Gasteiger partial charge is 0.266 e. The summed E-state index contributed by atoms with van der Waals surface area (Å²) in [4.78, 5) is 43.8. The van der Waals surface area contributed by atoms with Crippen molar-refractivity contribution in [2.45, 2.75) is 13.5 Å². The van der Waals surface area contributed by atoms with Gasteiger partial charge in [0.2, 0.25) is 0 Å². The highest BCUT2D eigenvalue weighted by atomic mass is 16.5. The van der Waals surface area contributed by atoms with Crippen molar-refractivity contribution in [1.29, 1.82) is 0 Å². The lowest BCUT2D eigenvalue weighted by atomic mass is 10.0. The molecular formula is C27H27N3O4. The molecule has 34 heavy (non-hydrogen) atoms. The van der Waals surface area contributed by atoms with Gasteiger partial charge >= 0.3 is 0 Å². The Bertz CT molecular complexity index is 1230. The Kier molecular flexibility index (Phi) is 6.36. The molecule has 7 nitrogen and oxygen atoms in total. The first kappa shape index (κ1) is 23.0. The van der Waals surface area contributed by atoms with E-state index in [4.69, 9.17) is 4.74 Å². The Morgan fingerprint density at radius 1 is 0.853 bits per heavy atom. The Balaban J connectivity index is 1.52. The van der Waals surface area contributed by atoms with Crippen molar-refractivity contribution in [2.24, 2.45) is 0 Å². The van der Waals surface area contributed by atoms with Crippen molar-refractivity contribution >= 4 is 29.1 Å². The van der Waals surface area contributed by atoms with Gasteiger partial charge in [-0.2, -0.15) is 0 Å². The van der Waals surface area contributed by atoms with Crippen LogP contribution in [0, 0.1) is 0 Å². The van der Waals surface area contributed by atoms with Gasteiger partial charge in [-0.05, 0) is 67.1 Å². The summed E-state index contributed by atoms with van der Waals surface area (Å²) in [6.07, 6.45) is 0. The summed E-state index contributed by atoms with van der Waals surface area (Å²) in [7, 11) is 5.66. The third kappa shape index (κ3) is 4.37. The van der Waals surface area contributed by atoms with Gasteiger partial charge in [0.15, 0.2) is 0 Å². The van der Waals surface area contributed by atoms with Crippen LogP contribution in [0.3, 0.4) is 0 Å². The summed E-state index contributed by atoms with van der Waals surface area (Å²) < 4.78 is 5.43. The normalized spacial score (nSPS) is 12.5. The predicted octanol–water partition coefficient (Wildman–Crippen LogP) is 4.22. The van der Waals surface area contributed by atoms with Gasteiger partial charge in [0.1, 0.15) is 5.75 Å². The average molecular weight is 458 g/mol. The van der Waals surface area contributed by atoms with Crippen LogP contribution >= 0.6 is 0 Å². The molecule has 1 aliphatic heterocycles. The van der Waals surface area contributed by atoms with Crippen molar-refractivity contribution in [3.05, 3.63) is 89.0 Å². The molecule has 1 heterocycles. The third-order valence-corrected chi connectivity index (χ3v) is 5.76. The molecule has 1 aliphatic rings. The Morgan fingerprint density at radius 2 is 1.50 bits per heavy atom. The molecule has 0 fully saturated rings. The van der Waals surface area contributed by atoms with Crippen LogP contribution in [0.4, 0.5) is 11.4 Å². The van der Waals surface area contributed by atoms with Gasteiger partial charge in [-0.3, -0.25) is 14.4 Å². The number of nitrogens with zero attached hydrogens (tertiary/aromatic N) is 3. The fourth-order valence-electron chi connectivity index (χ4n) is 3.93. The van der Waals surface area contributed by atoms with Gasteiger partial charge in [-0.1, -0.05) is 12.1 Å². The van der Waals surface area contributed by atoms with Crippen molar-refractivity contribution < 1.29 is 19.1 Å². The van der Waals surface area contributed by atoms with Gasteiger partial charge in [0.05, 0.1) is 23.4 Å². The Hall–Kier alpha value is -4.13. The van der Waals surface area contributed by atoms with E-state index >= 15 is 0 Å². The minimum Gasteiger partial charge on any atom is -0.494 e. The molecule has 3 aromatic carbocycles. The summed E-state index contributed by atoms with van der Waals surface area (Å²) in [6.45, 7) is 2.84. The standard InChI is InChI=1S/C27H27N3O4/c1-5-34-22-13-11-21(12-14-22)30-26(32)23-15-8-19(16-24(23)27(30)33)25(31)29(4)17-18-6-9-20(10-7-18)28(2)3/h6-16H,5,17H2,1-4H3. The van der Waals surface area contributed by atoms with Crippen LogP contribution in [-0.4, -0.2) is 50.4 Å². The summed E-state index contributed by atoms with van der Waals surface area (Å²) in [5.74, 6) is -0.410. The highest BCUT2D eigenvalue weighted by Gasteiger charge is 2.37. The molecule has 0 radical (unpaired) electrons. The molecular weight excluding hydrogens is 430 g/mol. The quantitative estimate of drug-likeness (QED) is 0.497. The zero-order chi connectivity index (χ0) is 24.4. The summed E-state index contributed by atoms with van der Waals surface area (Å²) >= 11 is 0. The molecule has 0 N–H and O–H groups in total. The van der Waals surface area contributed by atoms with Crippen LogP contribution in [0.15, 0.2) is 66.7 Å². The molecule has 174 valence electrons. The number of hydrogen-bond donors (Lipinski definition) is 0. The van der Waals surface area contributed by atoms with E-state index in [2.05, 4.69) is 0 Å². The first-order chi connectivity index (χ1) is 16.3. The molecule has 3 amide bonds. The van der Waals surface area contributed by atoms with Crippen molar-refractivity contribution in [1.82, 2.24) is 4.90 Å². The number of anilines is 2. The molecule has 0 spiro atoms. The number of rotatable bonds is 7. The lowest BCUT2D eigenvalue weighted by Crippen LogP contribution is -2.29. The molecule has 0 unspecified atom stereocenters. The van der Waals surface area contributed by atoms with Gasteiger partial charge in [-0.25, -0.2) is 4.90 Å². The second-order valence-electron chi connectivity index (χ2n) is 8.36. The summed E-state index contributed by atoms with van der Waals surface area (Å²) in [5, 5.41) is 0. The zero-order valence-electron chi connectivity index (χ0n) is 19.7. The van der Waals surface area contributed by atoms with E-state index in [1.807, 2.05) is 50.2 Å². The topological polar surface area (TPSA) is 70.2 Å². The third-order valence-electron chi connectivity index (χ3n) is 5.76. The molecule has 0 saturated heterocycles. The van der Waals surface area contributed by atoms with E-state index in [-0.39, 0.29) is 17.0 Å². The lowest BCUT2D eigenvalue weighted by Gasteiger charge is -2.19. The number of imide groups is 1. The molecule has 0 aromatic heterocycles. The number of hydrogen-bond acceptors (Lipinski definition) is 5.